The Balaban J connectivity index is 2.44. The highest BCUT2D eigenvalue weighted by Crippen LogP contribution is 2.13. The van der Waals surface area contributed by atoms with Gasteiger partial charge in [0.1, 0.15) is 6.61 Å². The van der Waals surface area contributed by atoms with Gasteiger partial charge in [-0.1, -0.05) is 21.1 Å². The molecule has 3 nitrogen and oxygen atoms in total. The second-order valence-corrected chi connectivity index (χ2v) is 3.06. The Morgan fingerprint density at radius 1 is 1.90 bits per heavy atom. The summed E-state index contributed by atoms with van der Waals surface area (Å²) in [4.78, 5) is 5.08. The monoisotopic (exact) mass is 207 g/mol. The van der Waals surface area contributed by atoms with Crippen LogP contribution in [-0.2, 0) is 9.57 Å². The van der Waals surface area contributed by atoms with Crippen LogP contribution in [0.1, 0.15) is 13.3 Å². The molecular formula is C6H10BrNO2. The van der Waals surface area contributed by atoms with Gasteiger partial charge in [-0.05, 0) is 6.92 Å². The number of ether oxygens (including phenoxy) is 1. The van der Waals surface area contributed by atoms with Gasteiger partial charge in [-0.25, -0.2) is 0 Å². The van der Waals surface area contributed by atoms with Crippen molar-refractivity contribution >= 4 is 21.8 Å². The molecule has 0 spiro atoms. The van der Waals surface area contributed by atoms with E-state index in [9.17, 15) is 0 Å². The first-order chi connectivity index (χ1) is 4.84. The van der Waals surface area contributed by atoms with E-state index in [-0.39, 0.29) is 4.83 Å². The average molecular weight is 208 g/mol. The Kier molecular flexibility index (Phi) is 2.99. The molecule has 1 aliphatic rings. The number of hydrogen-bond acceptors (Lipinski definition) is 3. The maximum absolute atomic E-state index is 5.17. The Hall–Kier alpha value is -0.250. The minimum atomic E-state index is 0.237. The highest BCUT2D eigenvalue weighted by atomic mass is 79.9. The van der Waals surface area contributed by atoms with Gasteiger partial charge >= 0.3 is 0 Å². The quantitative estimate of drug-likeness (QED) is 0.611. The van der Waals surface area contributed by atoms with Crippen molar-refractivity contribution < 1.29 is 9.57 Å². The van der Waals surface area contributed by atoms with Crippen LogP contribution in [0.2, 0.25) is 0 Å². The molecule has 0 aromatic heterocycles. The average Bonchev–Trinajstić information content (AvgIpc) is 1.94. The molecule has 0 aromatic carbocycles. The molecule has 0 saturated heterocycles. The summed E-state index contributed by atoms with van der Waals surface area (Å²) in [6.45, 7) is 3.24. The molecule has 1 heterocycles. The number of rotatable bonds is 1. The Morgan fingerprint density at radius 3 is 3.30 bits per heavy atom. The predicted octanol–water partition coefficient (Wildman–Crippen LogP) is 1.52. The van der Waals surface area contributed by atoms with Crippen LogP contribution in [0.15, 0.2) is 5.16 Å². The van der Waals surface area contributed by atoms with Gasteiger partial charge in [0, 0.05) is 6.42 Å². The fraction of sp³-hybridized carbons (Fsp3) is 0.833. The van der Waals surface area contributed by atoms with Crippen LogP contribution in [-0.4, -0.2) is 23.9 Å². The van der Waals surface area contributed by atoms with Crippen LogP contribution in [0.25, 0.3) is 0 Å². The van der Waals surface area contributed by atoms with Crippen LogP contribution < -0.4 is 0 Å². The standard InChI is InChI=1S/C6H10BrNO2/c1-2-9-6-5(7)3-4-10-8-6/h5H,2-4H2,1H3. The summed E-state index contributed by atoms with van der Waals surface area (Å²) in [6.07, 6.45) is 0.929. The van der Waals surface area contributed by atoms with Crippen LogP contribution in [0.3, 0.4) is 0 Å². The maximum atomic E-state index is 5.17. The van der Waals surface area contributed by atoms with Crippen molar-refractivity contribution in [1.82, 2.24) is 0 Å². The number of nitrogens with zero attached hydrogens (tertiary/aromatic N) is 1. The lowest BCUT2D eigenvalue weighted by Crippen LogP contribution is -2.23. The Morgan fingerprint density at radius 2 is 2.70 bits per heavy atom. The molecule has 1 aliphatic heterocycles. The van der Waals surface area contributed by atoms with E-state index in [0.717, 1.165) is 6.42 Å². The summed E-state index contributed by atoms with van der Waals surface area (Å²) in [7, 11) is 0. The summed E-state index contributed by atoms with van der Waals surface area (Å²) in [6, 6.07) is 0. The molecule has 1 atom stereocenters. The predicted molar refractivity (Wildman–Crippen MR) is 42.3 cm³/mol. The van der Waals surface area contributed by atoms with E-state index >= 15 is 0 Å². The third-order valence-electron chi connectivity index (χ3n) is 1.18. The lowest BCUT2D eigenvalue weighted by molar-refractivity contribution is 0.115. The number of halogens is 1. The highest BCUT2D eigenvalue weighted by Gasteiger charge is 2.18. The van der Waals surface area contributed by atoms with Crippen LogP contribution in [0.4, 0.5) is 0 Å². The molecule has 0 aromatic rings. The first-order valence-electron chi connectivity index (χ1n) is 3.31. The molecule has 0 fully saturated rings. The lowest BCUT2D eigenvalue weighted by Gasteiger charge is -2.16. The van der Waals surface area contributed by atoms with Crippen molar-refractivity contribution in [3.63, 3.8) is 0 Å². The van der Waals surface area contributed by atoms with Gasteiger partial charge in [0.2, 0.25) is 5.90 Å². The van der Waals surface area contributed by atoms with Gasteiger partial charge < -0.3 is 9.57 Å². The molecule has 0 saturated carbocycles. The molecule has 1 rings (SSSR count). The number of oxime groups is 1. The molecule has 10 heavy (non-hydrogen) atoms. The zero-order valence-corrected chi connectivity index (χ0v) is 7.43. The van der Waals surface area contributed by atoms with Crippen molar-refractivity contribution in [1.29, 1.82) is 0 Å². The topological polar surface area (TPSA) is 30.8 Å². The van der Waals surface area contributed by atoms with E-state index in [1.54, 1.807) is 0 Å². The molecule has 0 N–H and O–H groups in total. The smallest absolute Gasteiger partial charge is 0.239 e. The second-order valence-electron chi connectivity index (χ2n) is 1.95. The van der Waals surface area contributed by atoms with Crippen LogP contribution in [0.5, 0.6) is 0 Å². The zero-order chi connectivity index (χ0) is 7.40. The maximum Gasteiger partial charge on any atom is 0.239 e. The fourth-order valence-corrected chi connectivity index (χ4v) is 1.11. The SMILES string of the molecule is CCOC1=NOCCC1Br. The van der Waals surface area contributed by atoms with Gasteiger partial charge in [-0.2, -0.15) is 0 Å². The minimum Gasteiger partial charge on any atom is -0.478 e. The van der Waals surface area contributed by atoms with Crippen LogP contribution >= 0.6 is 15.9 Å². The van der Waals surface area contributed by atoms with Crippen molar-refractivity contribution in [2.24, 2.45) is 5.16 Å². The van der Waals surface area contributed by atoms with Gasteiger partial charge in [0.05, 0.1) is 11.4 Å². The normalized spacial score (nSPS) is 25.0. The van der Waals surface area contributed by atoms with Gasteiger partial charge in [-0.3, -0.25) is 0 Å². The summed E-state index contributed by atoms with van der Waals surface area (Å²) >= 11 is 3.42. The molecule has 4 heteroatoms. The van der Waals surface area contributed by atoms with E-state index in [0.29, 0.717) is 19.1 Å². The molecular weight excluding hydrogens is 198 g/mol. The lowest BCUT2D eigenvalue weighted by atomic mass is 10.3. The molecule has 0 aliphatic carbocycles. The molecule has 0 radical (unpaired) electrons. The third-order valence-corrected chi connectivity index (χ3v) is 2.03. The summed E-state index contributed by atoms with van der Waals surface area (Å²) in [5.74, 6) is 0.661. The van der Waals surface area contributed by atoms with E-state index in [1.807, 2.05) is 6.92 Å². The summed E-state index contributed by atoms with van der Waals surface area (Å²) in [5.41, 5.74) is 0. The Labute approximate surface area is 68.5 Å². The van der Waals surface area contributed by atoms with Crippen LogP contribution in [0, 0.1) is 0 Å². The third kappa shape index (κ3) is 1.87. The number of hydrogen-bond donors (Lipinski definition) is 0. The number of alkyl halides is 1. The molecule has 0 bridgehead atoms. The molecule has 0 amide bonds. The first-order valence-corrected chi connectivity index (χ1v) is 4.23. The fourth-order valence-electron chi connectivity index (χ4n) is 0.711. The highest BCUT2D eigenvalue weighted by molar-refractivity contribution is 9.10. The van der Waals surface area contributed by atoms with Crippen molar-refractivity contribution in [3.05, 3.63) is 0 Å². The van der Waals surface area contributed by atoms with Crippen molar-refractivity contribution in [2.75, 3.05) is 13.2 Å². The van der Waals surface area contributed by atoms with Gasteiger partial charge in [0.25, 0.3) is 0 Å². The largest absolute Gasteiger partial charge is 0.478 e. The van der Waals surface area contributed by atoms with E-state index < -0.39 is 0 Å². The van der Waals surface area contributed by atoms with Crippen molar-refractivity contribution in [2.45, 2.75) is 18.2 Å². The van der Waals surface area contributed by atoms with E-state index in [4.69, 9.17) is 9.57 Å². The second kappa shape index (κ2) is 3.81. The summed E-state index contributed by atoms with van der Waals surface area (Å²) in [5, 5.41) is 3.75. The van der Waals surface area contributed by atoms with E-state index in [2.05, 4.69) is 21.1 Å². The first kappa shape index (κ1) is 7.85. The van der Waals surface area contributed by atoms with Gasteiger partial charge in [-0.15, -0.1) is 0 Å². The summed E-state index contributed by atoms with van der Waals surface area (Å²) < 4.78 is 5.17. The zero-order valence-electron chi connectivity index (χ0n) is 5.84. The minimum absolute atomic E-state index is 0.237. The van der Waals surface area contributed by atoms with Crippen molar-refractivity contribution in [3.8, 4) is 0 Å². The Bertz CT molecular complexity index is 138. The molecule has 58 valence electrons. The molecule has 1 unspecified atom stereocenters. The van der Waals surface area contributed by atoms with E-state index in [1.165, 1.54) is 0 Å². The van der Waals surface area contributed by atoms with Gasteiger partial charge in [0.15, 0.2) is 0 Å².